The Kier molecular flexibility index (Phi) is 3.08. The molecule has 1 heteroatoms. The summed E-state index contributed by atoms with van der Waals surface area (Å²) in [6, 6.07) is 2.42. The van der Waals surface area contributed by atoms with Crippen LogP contribution < -0.4 is 0 Å². The summed E-state index contributed by atoms with van der Waals surface area (Å²) in [6.45, 7) is 6.72. The van der Waals surface area contributed by atoms with Gasteiger partial charge in [-0.15, -0.1) is 0 Å². The van der Waals surface area contributed by atoms with Gasteiger partial charge in [-0.1, -0.05) is 19.9 Å². The van der Waals surface area contributed by atoms with Gasteiger partial charge in [-0.3, -0.25) is 4.98 Å². The number of aromatic nitrogens is 1. The van der Waals surface area contributed by atoms with Crippen LogP contribution in [-0.2, 0) is 12.8 Å². The largest absolute Gasteiger partial charge is 0.258 e. The molecular formula is C14H21N. The second-order valence-corrected chi connectivity index (χ2v) is 4.79. The third-order valence-electron chi connectivity index (χ3n) is 3.67. The number of aryl methyl sites for hydroxylation is 3. The van der Waals surface area contributed by atoms with Gasteiger partial charge in [-0.25, -0.2) is 0 Å². The fourth-order valence-electron chi connectivity index (χ4n) is 2.47. The Morgan fingerprint density at radius 1 is 1.33 bits per heavy atom. The average Bonchev–Trinajstić information content (AvgIpc) is 2.27. The van der Waals surface area contributed by atoms with E-state index in [0.717, 1.165) is 0 Å². The third-order valence-corrected chi connectivity index (χ3v) is 3.67. The fourth-order valence-corrected chi connectivity index (χ4v) is 2.47. The number of rotatable bonds is 2. The second kappa shape index (κ2) is 4.34. The van der Waals surface area contributed by atoms with Crippen LogP contribution in [0.2, 0.25) is 0 Å². The van der Waals surface area contributed by atoms with E-state index in [0.29, 0.717) is 5.92 Å². The summed E-state index contributed by atoms with van der Waals surface area (Å²) in [4.78, 5) is 4.78. The highest BCUT2D eigenvalue weighted by Crippen LogP contribution is 2.27. The molecule has 0 spiro atoms. The van der Waals surface area contributed by atoms with Gasteiger partial charge in [0.2, 0.25) is 0 Å². The normalized spacial score (nSPS) is 17.3. The van der Waals surface area contributed by atoms with E-state index < -0.39 is 0 Å². The maximum atomic E-state index is 4.78. The summed E-state index contributed by atoms with van der Waals surface area (Å²) in [5, 5.41) is 0. The molecule has 0 aromatic carbocycles. The average molecular weight is 203 g/mol. The fraction of sp³-hybridized carbons (Fsp3) is 0.643. The number of fused-ring (bicyclic) bond motifs is 1. The molecule has 0 saturated heterocycles. The van der Waals surface area contributed by atoms with Crippen LogP contribution in [0.15, 0.2) is 6.07 Å². The molecule has 82 valence electrons. The Morgan fingerprint density at radius 3 is 2.80 bits per heavy atom. The van der Waals surface area contributed by atoms with Crippen molar-refractivity contribution >= 4 is 0 Å². The summed E-state index contributed by atoms with van der Waals surface area (Å²) in [6.07, 6.45) is 6.31. The van der Waals surface area contributed by atoms with Crippen molar-refractivity contribution in [2.75, 3.05) is 0 Å². The molecule has 0 saturated carbocycles. The van der Waals surface area contributed by atoms with E-state index in [1.54, 1.807) is 0 Å². The summed E-state index contributed by atoms with van der Waals surface area (Å²) < 4.78 is 0. The van der Waals surface area contributed by atoms with E-state index in [9.17, 15) is 0 Å². The van der Waals surface area contributed by atoms with Crippen molar-refractivity contribution in [3.8, 4) is 0 Å². The molecule has 1 atom stereocenters. The minimum atomic E-state index is 0.657. The van der Waals surface area contributed by atoms with Gasteiger partial charge in [-0.05, 0) is 56.1 Å². The smallest absolute Gasteiger partial charge is 0.0438 e. The first-order valence-electron chi connectivity index (χ1n) is 6.21. The number of nitrogens with zero attached hydrogens (tertiary/aromatic N) is 1. The quantitative estimate of drug-likeness (QED) is 0.712. The van der Waals surface area contributed by atoms with Crippen LogP contribution in [0.1, 0.15) is 61.5 Å². The van der Waals surface area contributed by atoms with Crippen LogP contribution in [0, 0.1) is 6.92 Å². The molecule has 15 heavy (non-hydrogen) atoms. The minimum Gasteiger partial charge on any atom is -0.258 e. The van der Waals surface area contributed by atoms with Crippen molar-refractivity contribution in [2.24, 2.45) is 0 Å². The molecule has 2 rings (SSSR count). The molecular weight excluding hydrogens is 182 g/mol. The lowest BCUT2D eigenvalue weighted by Crippen LogP contribution is -2.09. The molecule has 1 aliphatic carbocycles. The lowest BCUT2D eigenvalue weighted by Gasteiger charge is -2.20. The van der Waals surface area contributed by atoms with Crippen molar-refractivity contribution in [1.29, 1.82) is 0 Å². The third kappa shape index (κ3) is 2.06. The highest BCUT2D eigenvalue weighted by Gasteiger charge is 2.15. The van der Waals surface area contributed by atoms with Crippen LogP contribution in [0.4, 0.5) is 0 Å². The van der Waals surface area contributed by atoms with E-state index in [2.05, 4.69) is 26.8 Å². The van der Waals surface area contributed by atoms with Crippen LogP contribution in [0.25, 0.3) is 0 Å². The predicted octanol–water partition coefficient (Wildman–Crippen LogP) is 3.78. The number of pyridine rings is 1. The van der Waals surface area contributed by atoms with Crippen LogP contribution >= 0.6 is 0 Å². The molecule has 0 aliphatic heterocycles. The van der Waals surface area contributed by atoms with E-state index in [1.165, 1.54) is 54.6 Å². The van der Waals surface area contributed by atoms with Gasteiger partial charge in [0, 0.05) is 11.4 Å². The Labute approximate surface area is 92.9 Å². The summed E-state index contributed by atoms with van der Waals surface area (Å²) >= 11 is 0. The zero-order valence-electron chi connectivity index (χ0n) is 10.1. The van der Waals surface area contributed by atoms with Gasteiger partial charge in [0.05, 0.1) is 0 Å². The first-order valence-corrected chi connectivity index (χ1v) is 6.21. The molecule has 0 unspecified atom stereocenters. The Balaban J connectivity index is 2.40. The maximum Gasteiger partial charge on any atom is 0.0438 e. The molecule has 0 amide bonds. The molecule has 1 heterocycles. The maximum absolute atomic E-state index is 4.78. The molecule has 0 bridgehead atoms. The first kappa shape index (κ1) is 10.7. The molecule has 1 aromatic rings. The van der Waals surface area contributed by atoms with Crippen molar-refractivity contribution in [3.05, 3.63) is 28.6 Å². The summed E-state index contributed by atoms with van der Waals surface area (Å²) in [5.74, 6) is 0.657. The standard InChI is InChI=1S/C14H21N/c1-4-10(2)13-9-12-7-5-6-8-14(12)15-11(13)3/h9-10H,4-8H2,1-3H3/t10-/m1/s1. The Hall–Kier alpha value is -0.850. The van der Waals surface area contributed by atoms with Crippen LogP contribution in [0.3, 0.4) is 0 Å². The Bertz CT molecular complexity index is 355. The topological polar surface area (TPSA) is 12.9 Å². The first-order chi connectivity index (χ1) is 7.22. The zero-order valence-corrected chi connectivity index (χ0v) is 10.1. The highest BCUT2D eigenvalue weighted by atomic mass is 14.7. The molecule has 0 N–H and O–H groups in total. The summed E-state index contributed by atoms with van der Waals surface area (Å²) in [5.41, 5.74) is 5.61. The van der Waals surface area contributed by atoms with Crippen molar-refractivity contribution in [1.82, 2.24) is 4.98 Å². The molecule has 1 aliphatic rings. The van der Waals surface area contributed by atoms with Crippen molar-refractivity contribution in [2.45, 2.75) is 58.8 Å². The van der Waals surface area contributed by atoms with Gasteiger partial charge in [0.15, 0.2) is 0 Å². The Morgan fingerprint density at radius 2 is 2.07 bits per heavy atom. The van der Waals surface area contributed by atoms with Crippen LogP contribution in [-0.4, -0.2) is 4.98 Å². The highest BCUT2D eigenvalue weighted by molar-refractivity contribution is 5.33. The van der Waals surface area contributed by atoms with Gasteiger partial charge >= 0.3 is 0 Å². The van der Waals surface area contributed by atoms with E-state index in [4.69, 9.17) is 4.98 Å². The van der Waals surface area contributed by atoms with E-state index >= 15 is 0 Å². The van der Waals surface area contributed by atoms with Gasteiger partial charge in [0.25, 0.3) is 0 Å². The number of hydrogen-bond donors (Lipinski definition) is 0. The summed E-state index contributed by atoms with van der Waals surface area (Å²) in [7, 11) is 0. The minimum absolute atomic E-state index is 0.657. The lowest BCUT2D eigenvalue weighted by molar-refractivity contribution is 0.652. The predicted molar refractivity (Wildman–Crippen MR) is 64.3 cm³/mol. The van der Waals surface area contributed by atoms with Gasteiger partial charge < -0.3 is 0 Å². The van der Waals surface area contributed by atoms with Crippen LogP contribution in [0.5, 0.6) is 0 Å². The molecule has 1 nitrogen and oxygen atoms in total. The molecule has 0 fully saturated rings. The van der Waals surface area contributed by atoms with Gasteiger partial charge in [-0.2, -0.15) is 0 Å². The van der Waals surface area contributed by atoms with Gasteiger partial charge in [0.1, 0.15) is 0 Å². The monoisotopic (exact) mass is 203 g/mol. The SMILES string of the molecule is CC[C@@H](C)c1cc2c(nc1C)CCCC2. The van der Waals surface area contributed by atoms with E-state index in [-0.39, 0.29) is 0 Å². The molecule has 0 radical (unpaired) electrons. The lowest BCUT2D eigenvalue weighted by atomic mass is 9.90. The second-order valence-electron chi connectivity index (χ2n) is 4.79. The molecule has 1 aromatic heterocycles. The van der Waals surface area contributed by atoms with E-state index in [1.807, 2.05) is 0 Å². The number of hydrogen-bond acceptors (Lipinski definition) is 1. The zero-order chi connectivity index (χ0) is 10.8. The van der Waals surface area contributed by atoms with Crippen molar-refractivity contribution in [3.63, 3.8) is 0 Å². The van der Waals surface area contributed by atoms with Crippen molar-refractivity contribution < 1.29 is 0 Å².